The maximum Gasteiger partial charge on any atom is 0.0535 e. The molecule has 13 aromatic rings. The van der Waals surface area contributed by atoms with Gasteiger partial charge in [0.1, 0.15) is 0 Å². The highest BCUT2D eigenvalue weighted by Crippen LogP contribution is 2.45. The Morgan fingerprint density at radius 2 is 0.667 bits per heavy atom. The minimum absolute atomic E-state index is 1.14. The highest BCUT2D eigenvalue weighted by molar-refractivity contribution is 6.17. The summed E-state index contributed by atoms with van der Waals surface area (Å²) in [6.45, 7) is 0. The van der Waals surface area contributed by atoms with Crippen molar-refractivity contribution in [3.63, 3.8) is 0 Å². The Labute approximate surface area is 402 Å². The minimum atomic E-state index is 1.14. The van der Waals surface area contributed by atoms with Gasteiger partial charge >= 0.3 is 0 Å². The van der Waals surface area contributed by atoms with Gasteiger partial charge in [-0.05, 0) is 136 Å². The van der Waals surface area contributed by atoms with Gasteiger partial charge < -0.3 is 4.57 Å². The van der Waals surface area contributed by atoms with Crippen LogP contribution < -0.4 is 0 Å². The number of aromatic nitrogens is 1. The van der Waals surface area contributed by atoms with Gasteiger partial charge in [-0.15, -0.1) is 0 Å². The molecule has 0 bridgehead atoms. The fourth-order valence-corrected chi connectivity index (χ4v) is 10.7. The standard InChI is InChI=1S/C68H45N/c1-5-19-46(20-6-1)50-33-36-55(62(41-50)48-23-9-3-10-24-48)53-35-39-68-65(44-53)66(60-37-34-51(47-21-7-2-8-22-47)42-63(60)49-25-11-4-12-26-49)45-69(68)67-40-38-59(57-30-17-18-32-61(57)67)64-43-52-27-13-14-28-54(52)56-29-15-16-31-58(56)64/h1-45H. The molecule has 0 saturated carbocycles. The molecule has 0 radical (unpaired) electrons. The van der Waals surface area contributed by atoms with Gasteiger partial charge in [0, 0.05) is 22.5 Å². The molecule has 0 fully saturated rings. The first kappa shape index (κ1) is 40.3. The smallest absolute Gasteiger partial charge is 0.0535 e. The molecule has 0 saturated heterocycles. The topological polar surface area (TPSA) is 4.93 Å². The van der Waals surface area contributed by atoms with Crippen molar-refractivity contribution in [1.82, 2.24) is 4.57 Å². The van der Waals surface area contributed by atoms with Crippen molar-refractivity contribution in [3.05, 3.63) is 273 Å². The Morgan fingerprint density at radius 1 is 0.203 bits per heavy atom. The molecule has 0 atom stereocenters. The molecule has 0 amide bonds. The average molecular weight is 876 g/mol. The van der Waals surface area contributed by atoms with E-state index in [1.54, 1.807) is 0 Å². The fourth-order valence-electron chi connectivity index (χ4n) is 10.7. The summed E-state index contributed by atoms with van der Waals surface area (Å²) in [5.74, 6) is 0. The Balaban J connectivity index is 1.06. The molecule has 0 aliphatic heterocycles. The van der Waals surface area contributed by atoms with E-state index >= 15 is 0 Å². The summed E-state index contributed by atoms with van der Waals surface area (Å²) in [4.78, 5) is 0. The molecule has 1 heteroatoms. The third kappa shape index (κ3) is 7.12. The lowest BCUT2D eigenvalue weighted by Gasteiger charge is -2.16. The van der Waals surface area contributed by atoms with Crippen LogP contribution in [0.15, 0.2) is 273 Å². The zero-order valence-electron chi connectivity index (χ0n) is 37.9. The summed E-state index contributed by atoms with van der Waals surface area (Å²) in [6, 6.07) is 97.8. The van der Waals surface area contributed by atoms with Crippen LogP contribution in [0.3, 0.4) is 0 Å². The molecule has 322 valence electrons. The largest absolute Gasteiger partial charge is 0.315 e. The Morgan fingerprint density at radius 3 is 1.29 bits per heavy atom. The predicted octanol–water partition coefficient (Wildman–Crippen LogP) is 18.8. The van der Waals surface area contributed by atoms with E-state index in [0.717, 1.165) is 11.2 Å². The third-order valence-corrected chi connectivity index (χ3v) is 14.0. The summed E-state index contributed by atoms with van der Waals surface area (Å²) >= 11 is 0. The lowest BCUT2D eigenvalue weighted by atomic mass is 9.89. The first-order valence-corrected chi connectivity index (χ1v) is 23.8. The van der Waals surface area contributed by atoms with E-state index in [1.165, 1.54) is 116 Å². The van der Waals surface area contributed by atoms with Crippen LogP contribution in [0.5, 0.6) is 0 Å². The number of rotatable bonds is 8. The molecular weight excluding hydrogens is 831 g/mol. The Kier molecular flexibility index (Phi) is 9.91. The lowest BCUT2D eigenvalue weighted by Crippen LogP contribution is -1.95. The highest BCUT2D eigenvalue weighted by atomic mass is 15.0. The summed E-state index contributed by atoms with van der Waals surface area (Å²) < 4.78 is 2.44. The van der Waals surface area contributed by atoms with Crippen molar-refractivity contribution >= 4 is 43.2 Å². The van der Waals surface area contributed by atoms with Crippen molar-refractivity contribution in [1.29, 1.82) is 0 Å². The number of benzene rings is 12. The second-order valence-electron chi connectivity index (χ2n) is 18.0. The van der Waals surface area contributed by atoms with Gasteiger partial charge in [0.15, 0.2) is 0 Å². The zero-order chi connectivity index (χ0) is 45.7. The quantitative estimate of drug-likeness (QED) is 0.134. The monoisotopic (exact) mass is 875 g/mol. The molecule has 1 heterocycles. The van der Waals surface area contributed by atoms with Crippen molar-refractivity contribution in [3.8, 4) is 83.6 Å². The van der Waals surface area contributed by atoms with Crippen LogP contribution in [0.2, 0.25) is 0 Å². The van der Waals surface area contributed by atoms with Crippen LogP contribution in [0.25, 0.3) is 127 Å². The SMILES string of the molecule is c1ccc(-c2ccc(-c3ccc4c(c3)c(-c3ccc(-c5ccccc5)cc3-c3ccccc3)cn4-c3ccc(-c4cc5ccccc5c5ccccc45)c4ccccc34)c(-c3ccccc3)c2)cc1. The van der Waals surface area contributed by atoms with E-state index in [2.05, 4.69) is 278 Å². The first-order chi connectivity index (χ1) is 34.2. The molecule has 0 N–H and O–H groups in total. The molecule has 0 aliphatic carbocycles. The summed E-state index contributed by atoms with van der Waals surface area (Å²) in [7, 11) is 0. The zero-order valence-corrected chi connectivity index (χ0v) is 37.9. The van der Waals surface area contributed by atoms with Crippen molar-refractivity contribution in [2.75, 3.05) is 0 Å². The predicted molar refractivity (Wildman–Crippen MR) is 294 cm³/mol. The van der Waals surface area contributed by atoms with E-state index in [1.807, 2.05) is 0 Å². The summed E-state index contributed by atoms with van der Waals surface area (Å²) in [5, 5.41) is 8.66. The molecule has 0 unspecified atom stereocenters. The summed E-state index contributed by atoms with van der Waals surface area (Å²) in [5.41, 5.74) is 19.1. The molecular formula is C68H45N. The van der Waals surface area contributed by atoms with E-state index in [9.17, 15) is 0 Å². The van der Waals surface area contributed by atoms with Crippen molar-refractivity contribution < 1.29 is 0 Å². The minimum Gasteiger partial charge on any atom is -0.315 e. The maximum atomic E-state index is 2.44. The second-order valence-corrected chi connectivity index (χ2v) is 18.0. The molecule has 1 nitrogen and oxygen atoms in total. The molecule has 0 spiro atoms. The van der Waals surface area contributed by atoms with Crippen molar-refractivity contribution in [2.45, 2.75) is 0 Å². The van der Waals surface area contributed by atoms with Gasteiger partial charge in [0.05, 0.1) is 11.2 Å². The van der Waals surface area contributed by atoms with Gasteiger partial charge in [0.2, 0.25) is 0 Å². The maximum absolute atomic E-state index is 2.44. The van der Waals surface area contributed by atoms with E-state index in [0.29, 0.717) is 0 Å². The van der Waals surface area contributed by atoms with Crippen LogP contribution >= 0.6 is 0 Å². The average Bonchev–Trinajstić information content (AvgIpc) is 3.81. The third-order valence-electron chi connectivity index (χ3n) is 14.0. The molecule has 0 aliphatic rings. The molecule has 69 heavy (non-hydrogen) atoms. The number of hydrogen-bond donors (Lipinski definition) is 0. The van der Waals surface area contributed by atoms with Crippen LogP contribution in [-0.4, -0.2) is 4.57 Å². The first-order valence-electron chi connectivity index (χ1n) is 23.8. The van der Waals surface area contributed by atoms with Crippen LogP contribution in [-0.2, 0) is 0 Å². The van der Waals surface area contributed by atoms with E-state index < -0.39 is 0 Å². The van der Waals surface area contributed by atoms with Gasteiger partial charge in [-0.2, -0.15) is 0 Å². The number of hydrogen-bond acceptors (Lipinski definition) is 0. The Hall–Kier alpha value is -9.04. The molecule has 12 aromatic carbocycles. The van der Waals surface area contributed by atoms with Gasteiger partial charge in [0.25, 0.3) is 0 Å². The second kappa shape index (κ2) is 17.0. The van der Waals surface area contributed by atoms with Crippen LogP contribution in [0.4, 0.5) is 0 Å². The van der Waals surface area contributed by atoms with E-state index in [-0.39, 0.29) is 0 Å². The normalized spacial score (nSPS) is 11.5. The van der Waals surface area contributed by atoms with Crippen LogP contribution in [0.1, 0.15) is 0 Å². The fraction of sp³-hybridized carbons (Fsp3) is 0. The highest BCUT2D eigenvalue weighted by Gasteiger charge is 2.21. The lowest BCUT2D eigenvalue weighted by molar-refractivity contribution is 1.14. The van der Waals surface area contributed by atoms with Gasteiger partial charge in [-0.25, -0.2) is 0 Å². The summed E-state index contributed by atoms with van der Waals surface area (Å²) in [6.07, 6.45) is 2.39. The Bertz CT molecular complexity index is 4030. The molecule has 13 rings (SSSR count). The van der Waals surface area contributed by atoms with Gasteiger partial charge in [-0.3, -0.25) is 0 Å². The number of fused-ring (bicyclic) bond motifs is 5. The molecule has 1 aromatic heterocycles. The number of nitrogens with zero attached hydrogens (tertiary/aromatic N) is 1. The van der Waals surface area contributed by atoms with Crippen molar-refractivity contribution in [2.24, 2.45) is 0 Å². The van der Waals surface area contributed by atoms with Crippen LogP contribution in [0, 0.1) is 0 Å². The van der Waals surface area contributed by atoms with Gasteiger partial charge in [-0.1, -0.05) is 231 Å². The van der Waals surface area contributed by atoms with E-state index in [4.69, 9.17) is 0 Å².